The van der Waals surface area contributed by atoms with Crippen molar-refractivity contribution in [1.29, 1.82) is 0 Å². The third kappa shape index (κ3) is 1.30. The van der Waals surface area contributed by atoms with Crippen LogP contribution in [0.3, 0.4) is 0 Å². The van der Waals surface area contributed by atoms with Crippen molar-refractivity contribution in [2.24, 2.45) is 5.92 Å². The molecule has 1 heterocycles. The molecule has 0 aliphatic carbocycles. The van der Waals surface area contributed by atoms with Gasteiger partial charge in [-0.1, -0.05) is 6.92 Å². The van der Waals surface area contributed by atoms with E-state index in [0.29, 0.717) is 0 Å². The summed E-state index contributed by atoms with van der Waals surface area (Å²) >= 11 is 0. The molecule has 2 atom stereocenters. The lowest BCUT2D eigenvalue weighted by molar-refractivity contribution is -0.130. The van der Waals surface area contributed by atoms with Gasteiger partial charge in [0.15, 0.2) is 0 Å². The Hall–Kier alpha value is -0.670. The van der Waals surface area contributed by atoms with E-state index < -0.39 is 18.4 Å². The van der Waals surface area contributed by atoms with Gasteiger partial charge < -0.3 is 4.90 Å². The summed E-state index contributed by atoms with van der Waals surface area (Å²) in [4.78, 5) is 12.1. The summed E-state index contributed by atoms with van der Waals surface area (Å²) in [5, 5.41) is 0. The molecule has 1 aliphatic rings. The Morgan fingerprint density at radius 1 is 1.50 bits per heavy atom. The maximum Gasteiger partial charge on any atom is 0.269 e. The quantitative estimate of drug-likeness (QED) is 0.549. The molecule has 0 spiro atoms. The van der Waals surface area contributed by atoms with Crippen LogP contribution in [0.1, 0.15) is 20.8 Å². The monoisotopic (exact) mass is 177 g/mol. The topological polar surface area (TPSA) is 20.3 Å². The molecule has 70 valence electrons. The Labute approximate surface area is 70.5 Å². The summed E-state index contributed by atoms with van der Waals surface area (Å²) in [5.41, 5.74) is 0. The van der Waals surface area contributed by atoms with Crippen molar-refractivity contribution in [1.82, 2.24) is 4.90 Å². The molecular formula is C8H13F2NO. The highest BCUT2D eigenvalue weighted by Crippen LogP contribution is 2.37. The summed E-state index contributed by atoms with van der Waals surface area (Å²) in [6.07, 6.45) is 0. The minimum atomic E-state index is -2.72. The number of halogens is 2. The Morgan fingerprint density at radius 3 is 2.17 bits per heavy atom. The fourth-order valence-corrected chi connectivity index (χ4v) is 1.54. The first-order chi connectivity index (χ1) is 5.36. The van der Waals surface area contributed by atoms with Crippen LogP contribution >= 0.6 is 0 Å². The SMILES string of the molecule is CC(=O)N1CC(F)(F)C(C)C1C. The van der Waals surface area contributed by atoms with E-state index in [1.54, 1.807) is 6.92 Å². The van der Waals surface area contributed by atoms with Gasteiger partial charge in [-0.2, -0.15) is 0 Å². The molecule has 2 nitrogen and oxygen atoms in total. The van der Waals surface area contributed by atoms with Crippen LogP contribution in [0.15, 0.2) is 0 Å². The molecule has 0 bridgehead atoms. The van der Waals surface area contributed by atoms with E-state index in [-0.39, 0.29) is 11.9 Å². The number of alkyl halides is 2. The molecule has 1 rings (SSSR count). The second kappa shape index (κ2) is 2.68. The van der Waals surface area contributed by atoms with Crippen LogP contribution in [0.4, 0.5) is 8.78 Å². The normalized spacial score (nSPS) is 33.9. The number of amides is 1. The predicted molar refractivity (Wildman–Crippen MR) is 41.0 cm³/mol. The fraction of sp³-hybridized carbons (Fsp3) is 0.875. The highest BCUT2D eigenvalue weighted by Gasteiger charge is 2.50. The van der Waals surface area contributed by atoms with Crippen LogP contribution in [0, 0.1) is 5.92 Å². The van der Waals surface area contributed by atoms with Gasteiger partial charge in [-0.25, -0.2) is 8.78 Å². The van der Waals surface area contributed by atoms with Crippen molar-refractivity contribution < 1.29 is 13.6 Å². The average Bonchev–Trinajstić information content (AvgIpc) is 2.14. The van der Waals surface area contributed by atoms with Crippen LogP contribution in [0.2, 0.25) is 0 Å². The van der Waals surface area contributed by atoms with E-state index in [2.05, 4.69) is 0 Å². The lowest BCUT2D eigenvalue weighted by Crippen LogP contribution is -2.33. The van der Waals surface area contributed by atoms with Crippen molar-refractivity contribution in [3.05, 3.63) is 0 Å². The van der Waals surface area contributed by atoms with Crippen molar-refractivity contribution in [2.45, 2.75) is 32.7 Å². The van der Waals surface area contributed by atoms with Crippen LogP contribution in [0.5, 0.6) is 0 Å². The zero-order chi connectivity index (χ0) is 9.52. The van der Waals surface area contributed by atoms with Gasteiger partial charge in [-0.15, -0.1) is 0 Å². The van der Waals surface area contributed by atoms with E-state index in [1.807, 2.05) is 0 Å². The third-order valence-corrected chi connectivity index (χ3v) is 2.67. The molecule has 0 saturated carbocycles. The van der Waals surface area contributed by atoms with E-state index in [1.165, 1.54) is 18.7 Å². The van der Waals surface area contributed by atoms with Gasteiger partial charge in [0.05, 0.1) is 6.54 Å². The van der Waals surface area contributed by atoms with Gasteiger partial charge in [0.2, 0.25) is 5.91 Å². The van der Waals surface area contributed by atoms with Gasteiger partial charge in [-0.3, -0.25) is 4.79 Å². The first kappa shape index (κ1) is 9.42. The van der Waals surface area contributed by atoms with Crippen LogP contribution in [-0.4, -0.2) is 29.3 Å². The van der Waals surface area contributed by atoms with E-state index in [9.17, 15) is 13.6 Å². The number of hydrogen-bond donors (Lipinski definition) is 0. The molecule has 1 amide bonds. The molecule has 1 aliphatic heterocycles. The highest BCUT2D eigenvalue weighted by molar-refractivity contribution is 5.74. The molecule has 4 heteroatoms. The Balaban J connectivity index is 2.81. The van der Waals surface area contributed by atoms with Crippen molar-refractivity contribution >= 4 is 5.91 Å². The summed E-state index contributed by atoms with van der Waals surface area (Å²) < 4.78 is 26.0. The molecule has 0 N–H and O–H groups in total. The minimum Gasteiger partial charge on any atom is -0.334 e. The van der Waals surface area contributed by atoms with Gasteiger partial charge in [0, 0.05) is 18.9 Å². The van der Waals surface area contributed by atoms with E-state index >= 15 is 0 Å². The molecule has 0 aromatic rings. The second-order valence-corrected chi connectivity index (χ2v) is 3.44. The van der Waals surface area contributed by atoms with Crippen LogP contribution in [-0.2, 0) is 4.79 Å². The summed E-state index contributed by atoms with van der Waals surface area (Å²) in [6, 6.07) is -0.350. The van der Waals surface area contributed by atoms with Gasteiger partial charge in [0.1, 0.15) is 0 Å². The molecule has 1 saturated heterocycles. The number of carbonyl (C=O) groups excluding carboxylic acids is 1. The lowest BCUT2D eigenvalue weighted by atomic mass is 10.0. The lowest BCUT2D eigenvalue weighted by Gasteiger charge is -2.19. The number of nitrogens with zero attached hydrogens (tertiary/aromatic N) is 1. The zero-order valence-corrected chi connectivity index (χ0v) is 7.47. The summed E-state index contributed by atoms with van der Waals surface area (Å²) in [7, 11) is 0. The number of rotatable bonds is 0. The largest absolute Gasteiger partial charge is 0.334 e. The Morgan fingerprint density at radius 2 is 2.00 bits per heavy atom. The van der Waals surface area contributed by atoms with Crippen molar-refractivity contribution in [3.63, 3.8) is 0 Å². The zero-order valence-electron chi connectivity index (χ0n) is 7.47. The Bertz CT molecular complexity index is 205. The molecular weight excluding hydrogens is 164 g/mol. The maximum atomic E-state index is 13.0. The Kier molecular flexibility index (Phi) is 2.10. The second-order valence-electron chi connectivity index (χ2n) is 3.44. The smallest absolute Gasteiger partial charge is 0.269 e. The fourth-order valence-electron chi connectivity index (χ4n) is 1.54. The highest BCUT2D eigenvalue weighted by atomic mass is 19.3. The standard InChI is InChI=1S/C8H13F2NO/c1-5-6(2)11(7(3)12)4-8(5,9)10/h5-6H,4H2,1-3H3. The molecule has 0 aromatic carbocycles. The van der Waals surface area contributed by atoms with Gasteiger partial charge in [-0.05, 0) is 6.92 Å². The molecule has 1 fully saturated rings. The summed E-state index contributed by atoms with van der Waals surface area (Å²) in [5.74, 6) is -3.72. The first-order valence-electron chi connectivity index (χ1n) is 4.01. The molecule has 12 heavy (non-hydrogen) atoms. The number of carbonyl (C=O) groups is 1. The van der Waals surface area contributed by atoms with Gasteiger partial charge in [0.25, 0.3) is 5.92 Å². The summed E-state index contributed by atoms with van der Waals surface area (Å²) in [6.45, 7) is 4.04. The van der Waals surface area contributed by atoms with Crippen LogP contribution < -0.4 is 0 Å². The van der Waals surface area contributed by atoms with Gasteiger partial charge >= 0.3 is 0 Å². The maximum absolute atomic E-state index is 13.0. The van der Waals surface area contributed by atoms with E-state index in [4.69, 9.17) is 0 Å². The van der Waals surface area contributed by atoms with Crippen molar-refractivity contribution in [2.75, 3.05) is 6.54 Å². The molecule has 2 unspecified atom stereocenters. The molecule has 0 aromatic heterocycles. The average molecular weight is 177 g/mol. The predicted octanol–water partition coefficient (Wildman–Crippen LogP) is 1.51. The number of hydrogen-bond acceptors (Lipinski definition) is 1. The van der Waals surface area contributed by atoms with Crippen LogP contribution in [0.25, 0.3) is 0 Å². The third-order valence-electron chi connectivity index (χ3n) is 2.67. The molecule has 0 radical (unpaired) electrons. The van der Waals surface area contributed by atoms with Crippen molar-refractivity contribution in [3.8, 4) is 0 Å². The first-order valence-corrected chi connectivity index (χ1v) is 4.01. The van der Waals surface area contributed by atoms with E-state index in [0.717, 1.165) is 0 Å². The minimum absolute atomic E-state index is 0.272. The number of likely N-dealkylation sites (tertiary alicyclic amines) is 1.